The smallest absolute Gasteiger partial charge is 0.222 e. The van der Waals surface area contributed by atoms with Gasteiger partial charge in [0, 0.05) is 31.4 Å². The van der Waals surface area contributed by atoms with Crippen LogP contribution in [0.2, 0.25) is 0 Å². The maximum Gasteiger partial charge on any atom is 0.222 e. The van der Waals surface area contributed by atoms with Crippen molar-refractivity contribution in [2.24, 2.45) is 5.41 Å². The lowest BCUT2D eigenvalue weighted by Crippen LogP contribution is -2.27. The van der Waals surface area contributed by atoms with Gasteiger partial charge in [-0.3, -0.25) is 4.79 Å². The number of nitrogens with zero attached hydrogens (tertiary/aromatic N) is 4. The van der Waals surface area contributed by atoms with E-state index in [0.717, 1.165) is 84.1 Å². The number of hydrogen-bond donors (Lipinski definition) is 1. The Kier molecular flexibility index (Phi) is 5.28. The Morgan fingerprint density at radius 3 is 2.94 bits per heavy atom. The number of rotatable bonds is 6. The molecule has 1 fully saturated rings. The van der Waals surface area contributed by atoms with Gasteiger partial charge in [-0.15, -0.1) is 11.3 Å². The van der Waals surface area contributed by atoms with Crippen LogP contribution in [0, 0.1) is 5.41 Å². The highest BCUT2D eigenvalue weighted by Crippen LogP contribution is 2.46. The number of pyridine rings is 1. The molecule has 0 spiro atoms. The molecule has 8 heteroatoms. The Labute approximate surface area is 202 Å². The normalized spacial score (nSPS) is 17.6. The fourth-order valence-corrected chi connectivity index (χ4v) is 6.49. The van der Waals surface area contributed by atoms with Gasteiger partial charge in [0.1, 0.15) is 22.7 Å². The molecule has 7 nitrogen and oxygen atoms in total. The highest BCUT2D eigenvalue weighted by molar-refractivity contribution is 7.26. The summed E-state index contributed by atoms with van der Waals surface area (Å²) in [5.41, 5.74) is 4.84. The first-order chi connectivity index (χ1) is 16.5. The van der Waals surface area contributed by atoms with Crippen molar-refractivity contribution in [3.8, 4) is 11.5 Å². The van der Waals surface area contributed by atoms with Crippen LogP contribution in [0.4, 0.5) is 5.82 Å². The van der Waals surface area contributed by atoms with Gasteiger partial charge in [0.25, 0.3) is 0 Å². The largest absolute Gasteiger partial charge is 0.463 e. The van der Waals surface area contributed by atoms with Gasteiger partial charge in [-0.1, -0.05) is 13.8 Å². The summed E-state index contributed by atoms with van der Waals surface area (Å²) in [5, 5.41) is 4.67. The fourth-order valence-electron chi connectivity index (χ4n) is 5.37. The van der Waals surface area contributed by atoms with E-state index in [-0.39, 0.29) is 11.3 Å². The maximum atomic E-state index is 11.9. The van der Waals surface area contributed by atoms with Gasteiger partial charge in [0.05, 0.1) is 16.5 Å². The molecule has 5 heterocycles. The molecular weight excluding hydrogens is 446 g/mol. The second-order valence-electron chi connectivity index (χ2n) is 10.2. The molecule has 6 rings (SSSR count). The molecule has 0 radical (unpaired) electrons. The minimum absolute atomic E-state index is 0.233. The van der Waals surface area contributed by atoms with Crippen molar-refractivity contribution in [1.82, 2.24) is 19.9 Å². The van der Waals surface area contributed by atoms with Crippen LogP contribution in [0.25, 0.3) is 31.9 Å². The number of furan rings is 1. The summed E-state index contributed by atoms with van der Waals surface area (Å²) in [7, 11) is 0. The number of carbonyl (C=O) groups excluding carboxylic acids is 1. The van der Waals surface area contributed by atoms with Crippen molar-refractivity contribution in [3.63, 3.8) is 0 Å². The highest BCUT2D eigenvalue weighted by atomic mass is 32.1. The number of likely N-dealkylation sites (tertiary alicyclic amines) is 1. The average molecular weight is 476 g/mol. The van der Waals surface area contributed by atoms with Crippen molar-refractivity contribution in [3.05, 3.63) is 35.9 Å². The highest BCUT2D eigenvalue weighted by Gasteiger charge is 2.32. The number of anilines is 1. The van der Waals surface area contributed by atoms with Crippen LogP contribution >= 0.6 is 11.3 Å². The zero-order chi connectivity index (χ0) is 23.3. The lowest BCUT2D eigenvalue weighted by molar-refractivity contribution is -0.127. The van der Waals surface area contributed by atoms with Crippen molar-refractivity contribution in [2.45, 2.75) is 52.4 Å². The van der Waals surface area contributed by atoms with E-state index in [1.807, 2.05) is 17.0 Å². The van der Waals surface area contributed by atoms with E-state index in [1.54, 1.807) is 23.9 Å². The fraction of sp³-hybridized carbons (Fsp3) is 0.462. The molecule has 34 heavy (non-hydrogen) atoms. The van der Waals surface area contributed by atoms with E-state index in [1.165, 1.54) is 16.5 Å². The molecule has 0 bridgehead atoms. The molecular formula is C26H29N5O2S. The van der Waals surface area contributed by atoms with Gasteiger partial charge in [0.2, 0.25) is 5.91 Å². The molecule has 1 aliphatic carbocycles. The first-order valence-corrected chi connectivity index (χ1v) is 13.0. The molecule has 1 saturated heterocycles. The summed E-state index contributed by atoms with van der Waals surface area (Å²) in [6, 6.07) is 3.92. The SMILES string of the molecule is CC1(C)CCc2c(-c3ccco3)nc3sc4c(NCCCN5CCCC5=O)ncnc4c3c2C1. The summed E-state index contributed by atoms with van der Waals surface area (Å²) < 4.78 is 6.82. The van der Waals surface area contributed by atoms with Crippen molar-refractivity contribution >= 4 is 43.5 Å². The Bertz CT molecular complexity index is 1380. The third-order valence-electron chi connectivity index (χ3n) is 7.15. The molecule has 0 unspecified atom stereocenters. The molecule has 176 valence electrons. The number of carbonyl (C=O) groups is 1. The summed E-state index contributed by atoms with van der Waals surface area (Å²) in [4.78, 5) is 29.2. The number of amides is 1. The molecule has 1 N–H and O–H groups in total. The van der Waals surface area contributed by atoms with Crippen LogP contribution in [-0.4, -0.2) is 45.4 Å². The van der Waals surface area contributed by atoms with E-state index in [2.05, 4.69) is 24.1 Å². The predicted molar refractivity (Wildman–Crippen MR) is 135 cm³/mol. The van der Waals surface area contributed by atoms with Crippen LogP contribution < -0.4 is 5.32 Å². The third-order valence-corrected chi connectivity index (χ3v) is 8.23. The van der Waals surface area contributed by atoms with Crippen LogP contribution in [0.1, 0.15) is 50.7 Å². The van der Waals surface area contributed by atoms with Gasteiger partial charge in [0.15, 0.2) is 5.76 Å². The van der Waals surface area contributed by atoms with Gasteiger partial charge in [-0.2, -0.15) is 0 Å². The molecule has 2 aliphatic rings. The minimum Gasteiger partial charge on any atom is -0.463 e. The zero-order valence-corrected chi connectivity index (χ0v) is 20.5. The van der Waals surface area contributed by atoms with Gasteiger partial charge in [-0.25, -0.2) is 15.0 Å². The molecule has 0 atom stereocenters. The Balaban J connectivity index is 1.38. The number of aromatic nitrogens is 3. The Morgan fingerprint density at radius 2 is 2.15 bits per heavy atom. The zero-order valence-electron chi connectivity index (χ0n) is 19.7. The van der Waals surface area contributed by atoms with Crippen molar-refractivity contribution in [1.29, 1.82) is 0 Å². The Hall–Kier alpha value is -3.00. The quantitative estimate of drug-likeness (QED) is 0.374. The van der Waals surface area contributed by atoms with Gasteiger partial charge < -0.3 is 14.6 Å². The topological polar surface area (TPSA) is 84.2 Å². The lowest BCUT2D eigenvalue weighted by atomic mass is 9.73. The second-order valence-corrected chi connectivity index (χ2v) is 11.2. The van der Waals surface area contributed by atoms with E-state index < -0.39 is 0 Å². The summed E-state index contributed by atoms with van der Waals surface area (Å²) in [6.45, 7) is 7.13. The van der Waals surface area contributed by atoms with Crippen LogP contribution in [0.3, 0.4) is 0 Å². The maximum absolute atomic E-state index is 11.9. The first-order valence-electron chi connectivity index (χ1n) is 12.1. The van der Waals surface area contributed by atoms with E-state index in [4.69, 9.17) is 14.4 Å². The van der Waals surface area contributed by atoms with E-state index >= 15 is 0 Å². The first kappa shape index (κ1) is 21.5. The summed E-state index contributed by atoms with van der Waals surface area (Å²) in [5.74, 6) is 1.96. The minimum atomic E-state index is 0.233. The van der Waals surface area contributed by atoms with E-state index in [9.17, 15) is 4.79 Å². The monoisotopic (exact) mass is 475 g/mol. The second kappa shape index (κ2) is 8.34. The number of nitrogens with one attached hydrogen (secondary N) is 1. The average Bonchev–Trinajstić information content (AvgIpc) is 3.55. The lowest BCUT2D eigenvalue weighted by Gasteiger charge is -2.32. The predicted octanol–water partition coefficient (Wildman–Crippen LogP) is 5.44. The van der Waals surface area contributed by atoms with Crippen molar-refractivity contribution < 1.29 is 9.21 Å². The van der Waals surface area contributed by atoms with Crippen molar-refractivity contribution in [2.75, 3.05) is 25.0 Å². The molecule has 0 saturated carbocycles. The molecule has 4 aromatic heterocycles. The molecule has 1 aliphatic heterocycles. The van der Waals surface area contributed by atoms with Crippen LogP contribution in [-0.2, 0) is 17.6 Å². The van der Waals surface area contributed by atoms with Crippen LogP contribution in [0.5, 0.6) is 0 Å². The number of hydrogen-bond acceptors (Lipinski definition) is 7. The Morgan fingerprint density at radius 1 is 1.24 bits per heavy atom. The molecule has 1 amide bonds. The number of fused-ring (bicyclic) bond motifs is 5. The van der Waals surface area contributed by atoms with Crippen LogP contribution in [0.15, 0.2) is 29.1 Å². The molecule has 4 aromatic rings. The number of thiophene rings is 1. The molecule has 0 aromatic carbocycles. The van der Waals surface area contributed by atoms with Gasteiger partial charge in [-0.05, 0) is 60.8 Å². The van der Waals surface area contributed by atoms with Gasteiger partial charge >= 0.3 is 0 Å². The standard InChI is InChI=1S/C26H29N5O2S/c1-26(2)9-8-16-17(14-26)20-22-23(34-25(20)30-21(16)18-6-4-13-33-18)24(29-15-28-22)27-10-5-12-31-11-3-7-19(31)32/h4,6,13,15H,3,5,7-12,14H2,1-2H3,(H,27,28,29). The summed E-state index contributed by atoms with van der Waals surface area (Å²) in [6.07, 6.45) is 9.05. The third kappa shape index (κ3) is 3.74. The van der Waals surface area contributed by atoms with E-state index in [0.29, 0.717) is 6.42 Å². The summed E-state index contributed by atoms with van der Waals surface area (Å²) >= 11 is 1.65.